The molecule has 4 rings (SSSR count). The van der Waals surface area contributed by atoms with Gasteiger partial charge in [0, 0.05) is 11.4 Å². The van der Waals surface area contributed by atoms with E-state index in [0.29, 0.717) is 0 Å². The molecule has 134 valence electrons. The summed E-state index contributed by atoms with van der Waals surface area (Å²) in [7, 11) is 0. The third kappa shape index (κ3) is 3.32. The Labute approximate surface area is 160 Å². The fourth-order valence-corrected chi connectivity index (χ4v) is 3.66. The van der Waals surface area contributed by atoms with Crippen LogP contribution in [0.25, 0.3) is 16.9 Å². The van der Waals surface area contributed by atoms with E-state index in [0.717, 1.165) is 22.5 Å². The van der Waals surface area contributed by atoms with Gasteiger partial charge in [0.1, 0.15) is 0 Å². The number of hydrogen-bond donors (Lipinski definition) is 1. The average Bonchev–Trinajstić information content (AvgIpc) is 3.06. The van der Waals surface area contributed by atoms with Gasteiger partial charge < -0.3 is 10.3 Å². The molecule has 0 fully saturated rings. The predicted octanol–water partition coefficient (Wildman–Crippen LogP) is 5.81. The van der Waals surface area contributed by atoms with E-state index in [2.05, 4.69) is 85.1 Å². The molecule has 0 aliphatic rings. The molecular weight excluding hydrogens is 328 g/mol. The zero-order valence-electron chi connectivity index (χ0n) is 15.8. The molecule has 0 aliphatic carbocycles. The normalized spacial score (nSPS) is 12.1. The molecule has 0 bridgehead atoms. The van der Waals surface area contributed by atoms with Crippen molar-refractivity contribution in [3.05, 3.63) is 113 Å². The predicted molar refractivity (Wildman–Crippen MR) is 113 cm³/mol. The second-order valence-corrected chi connectivity index (χ2v) is 7.02. The standard InChI is InChI=1S/C25H24N2/c1-18-13-15-22(16-14-18)27-19(2)17-23(24(26)20-9-5-3-6-10-20)25(27)21-11-7-4-8-12-21/h3-17,24H,26H2,1-2H3. The van der Waals surface area contributed by atoms with E-state index >= 15 is 0 Å². The van der Waals surface area contributed by atoms with Crippen LogP contribution in [-0.4, -0.2) is 4.57 Å². The Morgan fingerprint density at radius 1 is 0.741 bits per heavy atom. The minimum Gasteiger partial charge on any atom is -0.320 e. The Bertz CT molecular complexity index is 1030. The molecule has 3 aromatic carbocycles. The lowest BCUT2D eigenvalue weighted by Crippen LogP contribution is -2.12. The molecule has 0 spiro atoms. The van der Waals surface area contributed by atoms with Crippen molar-refractivity contribution in [1.82, 2.24) is 4.57 Å². The second kappa shape index (κ2) is 7.26. The van der Waals surface area contributed by atoms with Gasteiger partial charge in [-0.1, -0.05) is 78.4 Å². The van der Waals surface area contributed by atoms with Crippen LogP contribution in [0.15, 0.2) is 91.0 Å². The molecule has 0 aliphatic heterocycles. The zero-order chi connectivity index (χ0) is 18.8. The first-order valence-corrected chi connectivity index (χ1v) is 9.30. The average molecular weight is 352 g/mol. The summed E-state index contributed by atoms with van der Waals surface area (Å²) in [5.74, 6) is 0. The molecule has 1 atom stereocenters. The Morgan fingerprint density at radius 3 is 1.96 bits per heavy atom. The Balaban J connectivity index is 1.95. The van der Waals surface area contributed by atoms with E-state index in [1.807, 2.05) is 24.3 Å². The highest BCUT2D eigenvalue weighted by atomic mass is 15.0. The van der Waals surface area contributed by atoms with Crippen LogP contribution in [0.4, 0.5) is 0 Å². The number of benzene rings is 3. The summed E-state index contributed by atoms with van der Waals surface area (Å²) in [6.07, 6.45) is 0. The summed E-state index contributed by atoms with van der Waals surface area (Å²) in [5, 5.41) is 0. The Morgan fingerprint density at radius 2 is 1.33 bits per heavy atom. The van der Waals surface area contributed by atoms with Crippen LogP contribution in [0.2, 0.25) is 0 Å². The first kappa shape index (κ1) is 17.3. The van der Waals surface area contributed by atoms with E-state index < -0.39 is 0 Å². The summed E-state index contributed by atoms with van der Waals surface area (Å²) >= 11 is 0. The van der Waals surface area contributed by atoms with Gasteiger partial charge in [-0.05, 0) is 48.7 Å². The number of nitrogens with two attached hydrogens (primary N) is 1. The molecular formula is C25H24N2. The van der Waals surface area contributed by atoms with E-state index in [4.69, 9.17) is 5.73 Å². The van der Waals surface area contributed by atoms with Gasteiger partial charge in [0.25, 0.3) is 0 Å². The van der Waals surface area contributed by atoms with Gasteiger partial charge in [0.05, 0.1) is 11.7 Å². The van der Waals surface area contributed by atoms with Gasteiger partial charge >= 0.3 is 0 Å². The largest absolute Gasteiger partial charge is 0.320 e. The van der Waals surface area contributed by atoms with Crippen LogP contribution in [0, 0.1) is 13.8 Å². The molecule has 2 nitrogen and oxygen atoms in total. The highest BCUT2D eigenvalue weighted by Gasteiger charge is 2.21. The molecule has 0 saturated heterocycles. The highest BCUT2D eigenvalue weighted by Crippen LogP contribution is 2.35. The minimum absolute atomic E-state index is 0.174. The highest BCUT2D eigenvalue weighted by molar-refractivity contribution is 5.70. The number of rotatable bonds is 4. The van der Waals surface area contributed by atoms with Crippen molar-refractivity contribution in [3.63, 3.8) is 0 Å². The SMILES string of the molecule is Cc1ccc(-n2c(C)cc(C(N)c3ccccc3)c2-c2ccccc2)cc1. The monoisotopic (exact) mass is 352 g/mol. The lowest BCUT2D eigenvalue weighted by Gasteiger charge is -2.17. The van der Waals surface area contributed by atoms with Crippen LogP contribution in [-0.2, 0) is 0 Å². The summed E-state index contributed by atoms with van der Waals surface area (Å²) < 4.78 is 2.31. The lowest BCUT2D eigenvalue weighted by molar-refractivity contribution is 0.871. The van der Waals surface area contributed by atoms with E-state index in [1.54, 1.807) is 0 Å². The van der Waals surface area contributed by atoms with Crippen LogP contribution in [0.3, 0.4) is 0 Å². The maximum absolute atomic E-state index is 6.73. The smallest absolute Gasteiger partial charge is 0.0582 e. The number of aromatic nitrogens is 1. The zero-order valence-corrected chi connectivity index (χ0v) is 15.8. The second-order valence-electron chi connectivity index (χ2n) is 7.02. The van der Waals surface area contributed by atoms with Gasteiger partial charge in [0.2, 0.25) is 0 Å². The molecule has 0 radical (unpaired) electrons. The molecule has 4 aromatic rings. The lowest BCUT2D eigenvalue weighted by atomic mass is 9.96. The van der Waals surface area contributed by atoms with E-state index in [9.17, 15) is 0 Å². The molecule has 0 amide bonds. The molecule has 0 saturated carbocycles. The van der Waals surface area contributed by atoms with Gasteiger partial charge in [0.15, 0.2) is 0 Å². The summed E-state index contributed by atoms with van der Waals surface area (Å²) in [4.78, 5) is 0. The van der Waals surface area contributed by atoms with Crippen LogP contribution in [0.1, 0.15) is 28.4 Å². The topological polar surface area (TPSA) is 30.9 Å². The van der Waals surface area contributed by atoms with Crippen molar-refractivity contribution < 1.29 is 0 Å². The quantitative estimate of drug-likeness (QED) is 0.494. The third-order valence-electron chi connectivity index (χ3n) is 5.05. The van der Waals surface area contributed by atoms with Crippen molar-refractivity contribution in [2.45, 2.75) is 19.9 Å². The Kier molecular flexibility index (Phi) is 4.66. The van der Waals surface area contributed by atoms with Crippen LogP contribution >= 0.6 is 0 Å². The van der Waals surface area contributed by atoms with Crippen molar-refractivity contribution in [3.8, 4) is 16.9 Å². The van der Waals surface area contributed by atoms with Crippen molar-refractivity contribution in [2.24, 2.45) is 5.73 Å². The van der Waals surface area contributed by atoms with Gasteiger partial charge in [-0.2, -0.15) is 0 Å². The first-order chi connectivity index (χ1) is 13.1. The molecule has 2 heteroatoms. The maximum atomic E-state index is 6.73. The van der Waals surface area contributed by atoms with Crippen LogP contribution in [0.5, 0.6) is 0 Å². The van der Waals surface area contributed by atoms with Gasteiger partial charge in [-0.25, -0.2) is 0 Å². The summed E-state index contributed by atoms with van der Waals surface area (Å²) in [5.41, 5.74) is 14.9. The fraction of sp³-hybridized carbons (Fsp3) is 0.120. The molecule has 2 N–H and O–H groups in total. The van der Waals surface area contributed by atoms with Crippen LogP contribution < -0.4 is 5.73 Å². The van der Waals surface area contributed by atoms with E-state index in [-0.39, 0.29) is 6.04 Å². The maximum Gasteiger partial charge on any atom is 0.0582 e. The third-order valence-corrected chi connectivity index (χ3v) is 5.05. The first-order valence-electron chi connectivity index (χ1n) is 9.30. The molecule has 27 heavy (non-hydrogen) atoms. The summed E-state index contributed by atoms with van der Waals surface area (Å²) in [6, 6.07) is 31.5. The summed E-state index contributed by atoms with van der Waals surface area (Å²) in [6.45, 7) is 4.26. The number of aryl methyl sites for hydroxylation is 2. The molecule has 1 unspecified atom stereocenters. The van der Waals surface area contributed by atoms with Crippen molar-refractivity contribution in [1.29, 1.82) is 0 Å². The van der Waals surface area contributed by atoms with E-state index in [1.165, 1.54) is 16.8 Å². The van der Waals surface area contributed by atoms with Gasteiger partial charge in [-0.15, -0.1) is 0 Å². The molecule has 1 heterocycles. The van der Waals surface area contributed by atoms with Gasteiger partial charge in [-0.3, -0.25) is 0 Å². The number of nitrogens with zero attached hydrogens (tertiary/aromatic N) is 1. The minimum atomic E-state index is -0.174. The van der Waals surface area contributed by atoms with Crippen molar-refractivity contribution >= 4 is 0 Å². The molecule has 1 aromatic heterocycles. The fourth-order valence-electron chi connectivity index (χ4n) is 3.66. The van der Waals surface area contributed by atoms with Crippen molar-refractivity contribution in [2.75, 3.05) is 0 Å². The Hall–Kier alpha value is -3.10. The number of hydrogen-bond acceptors (Lipinski definition) is 1.